The smallest absolute Gasteiger partial charge is 0.243 e. The zero-order valence-electron chi connectivity index (χ0n) is 16.1. The van der Waals surface area contributed by atoms with Crippen LogP contribution in [-0.4, -0.2) is 65.7 Å². The maximum atomic E-state index is 12.7. The van der Waals surface area contributed by atoms with Crippen LogP contribution >= 0.6 is 0 Å². The van der Waals surface area contributed by atoms with Gasteiger partial charge in [-0.2, -0.15) is 4.31 Å². The fourth-order valence-electron chi connectivity index (χ4n) is 3.28. The first kappa shape index (κ1) is 20.9. The number of piperazine rings is 1. The van der Waals surface area contributed by atoms with E-state index in [1.807, 2.05) is 6.07 Å². The predicted octanol–water partition coefficient (Wildman–Crippen LogP) is 0.0263. The Morgan fingerprint density at radius 1 is 0.893 bits per heavy atom. The molecule has 152 valence electrons. The minimum Gasteiger partial charge on any atom is -0.329 e. The maximum absolute atomic E-state index is 12.7. The summed E-state index contributed by atoms with van der Waals surface area (Å²) in [5.74, 6) is 0. The van der Waals surface area contributed by atoms with Crippen LogP contribution in [0.25, 0.3) is 0 Å². The summed E-state index contributed by atoms with van der Waals surface area (Å²) in [7, 11) is -3.89. The summed E-state index contributed by atoms with van der Waals surface area (Å²) in [6.07, 6.45) is 0. The lowest BCUT2D eigenvalue weighted by Gasteiger charge is -2.31. The van der Waals surface area contributed by atoms with E-state index >= 15 is 0 Å². The Hall–Kier alpha value is -1.78. The summed E-state index contributed by atoms with van der Waals surface area (Å²) in [6.45, 7) is 2.91. The number of nitrogens with one attached hydrogen (secondary N) is 1. The van der Waals surface area contributed by atoms with Crippen LogP contribution in [0.2, 0.25) is 0 Å². The molecule has 0 unspecified atom stereocenters. The molecule has 0 saturated carbocycles. The maximum Gasteiger partial charge on any atom is 0.243 e. The SMILES string of the molecule is CN(C)S(=O)(=O)c1cccc(C[NH+]2CCN(S(=O)(=O)c3ccccc3)CC2)c1. The lowest BCUT2D eigenvalue weighted by molar-refractivity contribution is -0.917. The van der Waals surface area contributed by atoms with E-state index in [0.29, 0.717) is 37.6 Å². The zero-order chi connectivity index (χ0) is 20.4. The Morgan fingerprint density at radius 2 is 1.50 bits per heavy atom. The van der Waals surface area contributed by atoms with Crippen LogP contribution in [-0.2, 0) is 26.6 Å². The van der Waals surface area contributed by atoms with E-state index in [4.69, 9.17) is 0 Å². The third-order valence-corrected chi connectivity index (χ3v) is 8.67. The molecule has 7 nitrogen and oxygen atoms in total. The van der Waals surface area contributed by atoms with Crippen LogP contribution < -0.4 is 4.90 Å². The van der Waals surface area contributed by atoms with Crippen molar-refractivity contribution in [2.75, 3.05) is 40.3 Å². The van der Waals surface area contributed by atoms with Crippen molar-refractivity contribution >= 4 is 20.0 Å². The number of rotatable bonds is 6. The molecular weight excluding hydrogens is 398 g/mol. The Bertz CT molecular complexity index is 1010. The van der Waals surface area contributed by atoms with Gasteiger partial charge in [-0.05, 0) is 24.3 Å². The Kier molecular flexibility index (Phi) is 6.21. The van der Waals surface area contributed by atoms with E-state index in [1.54, 1.807) is 48.5 Å². The standard InChI is InChI=1S/C19H25N3O4S2/c1-20(2)27(23,24)19-10-6-7-17(15-19)16-21-11-13-22(14-12-21)28(25,26)18-8-4-3-5-9-18/h3-10,15H,11-14,16H2,1-2H3/p+1. The van der Waals surface area contributed by atoms with Gasteiger partial charge in [0.1, 0.15) is 6.54 Å². The van der Waals surface area contributed by atoms with Gasteiger partial charge in [0.2, 0.25) is 20.0 Å². The first-order valence-electron chi connectivity index (χ1n) is 9.11. The number of sulfonamides is 2. The van der Waals surface area contributed by atoms with Crippen molar-refractivity contribution < 1.29 is 21.7 Å². The Morgan fingerprint density at radius 3 is 2.11 bits per heavy atom. The van der Waals surface area contributed by atoms with Crippen LogP contribution in [0, 0.1) is 0 Å². The van der Waals surface area contributed by atoms with Crippen molar-refractivity contribution in [1.29, 1.82) is 0 Å². The molecule has 0 atom stereocenters. The second-order valence-electron chi connectivity index (χ2n) is 7.08. The largest absolute Gasteiger partial charge is 0.329 e. The minimum absolute atomic E-state index is 0.277. The number of benzene rings is 2. The molecule has 0 bridgehead atoms. The first-order chi connectivity index (χ1) is 13.2. The molecule has 0 radical (unpaired) electrons. The van der Waals surface area contributed by atoms with Gasteiger partial charge in [0, 0.05) is 19.7 Å². The third kappa shape index (κ3) is 4.44. The van der Waals surface area contributed by atoms with Gasteiger partial charge >= 0.3 is 0 Å². The molecule has 2 aromatic rings. The third-order valence-electron chi connectivity index (χ3n) is 4.94. The highest BCUT2D eigenvalue weighted by Gasteiger charge is 2.30. The van der Waals surface area contributed by atoms with Crippen LogP contribution in [0.4, 0.5) is 0 Å². The average Bonchev–Trinajstić information content (AvgIpc) is 2.69. The van der Waals surface area contributed by atoms with E-state index in [0.717, 1.165) is 5.56 Å². The lowest BCUT2D eigenvalue weighted by Crippen LogP contribution is -3.13. The molecule has 28 heavy (non-hydrogen) atoms. The van der Waals surface area contributed by atoms with Gasteiger partial charge in [-0.25, -0.2) is 21.1 Å². The number of hydrogen-bond donors (Lipinski definition) is 1. The highest BCUT2D eigenvalue weighted by Crippen LogP contribution is 2.16. The molecule has 1 N–H and O–H groups in total. The molecule has 1 fully saturated rings. The fourth-order valence-corrected chi connectivity index (χ4v) is 5.71. The van der Waals surface area contributed by atoms with Gasteiger partial charge in [-0.15, -0.1) is 0 Å². The monoisotopic (exact) mass is 424 g/mol. The topological polar surface area (TPSA) is 79.2 Å². The molecule has 9 heteroatoms. The van der Waals surface area contributed by atoms with Crippen molar-refractivity contribution in [2.45, 2.75) is 16.3 Å². The zero-order valence-corrected chi connectivity index (χ0v) is 17.7. The van der Waals surface area contributed by atoms with E-state index in [2.05, 4.69) is 0 Å². The second kappa shape index (κ2) is 8.30. The summed E-state index contributed by atoms with van der Waals surface area (Å²) < 4.78 is 52.8. The molecule has 0 amide bonds. The average molecular weight is 425 g/mol. The molecule has 1 heterocycles. The molecule has 0 aliphatic carbocycles. The van der Waals surface area contributed by atoms with Crippen LogP contribution in [0.15, 0.2) is 64.4 Å². The van der Waals surface area contributed by atoms with Gasteiger partial charge in [0.25, 0.3) is 0 Å². The summed E-state index contributed by atoms with van der Waals surface area (Å²) >= 11 is 0. The highest BCUT2D eigenvalue weighted by molar-refractivity contribution is 7.89. The number of nitrogens with zero attached hydrogens (tertiary/aromatic N) is 2. The molecule has 0 aromatic heterocycles. The van der Waals surface area contributed by atoms with Crippen LogP contribution in [0.1, 0.15) is 5.56 Å². The van der Waals surface area contributed by atoms with E-state index in [9.17, 15) is 16.8 Å². The Labute approximate surface area is 167 Å². The van der Waals surface area contributed by atoms with Crippen molar-refractivity contribution in [1.82, 2.24) is 8.61 Å². The number of quaternary nitrogens is 1. The van der Waals surface area contributed by atoms with Crippen molar-refractivity contribution in [3.63, 3.8) is 0 Å². The van der Waals surface area contributed by atoms with Crippen LogP contribution in [0.3, 0.4) is 0 Å². The second-order valence-corrected chi connectivity index (χ2v) is 11.2. The summed E-state index contributed by atoms with van der Waals surface area (Å²) in [4.78, 5) is 1.83. The quantitative estimate of drug-likeness (QED) is 0.710. The molecule has 0 spiro atoms. The minimum atomic E-state index is -3.46. The lowest BCUT2D eigenvalue weighted by atomic mass is 10.2. The highest BCUT2D eigenvalue weighted by atomic mass is 32.2. The molecule has 1 aliphatic heterocycles. The molecule has 1 saturated heterocycles. The molecule has 1 aliphatic rings. The van der Waals surface area contributed by atoms with Gasteiger partial charge in [0.05, 0.1) is 36.0 Å². The number of hydrogen-bond acceptors (Lipinski definition) is 4. The van der Waals surface area contributed by atoms with Gasteiger partial charge < -0.3 is 4.90 Å². The molecule has 3 rings (SSSR count). The van der Waals surface area contributed by atoms with Gasteiger partial charge in [-0.3, -0.25) is 0 Å². The van der Waals surface area contributed by atoms with Gasteiger partial charge in [0.15, 0.2) is 0 Å². The first-order valence-corrected chi connectivity index (χ1v) is 12.0. The van der Waals surface area contributed by atoms with Crippen molar-refractivity contribution in [3.8, 4) is 0 Å². The van der Waals surface area contributed by atoms with Crippen molar-refractivity contribution in [3.05, 3.63) is 60.2 Å². The fraction of sp³-hybridized carbons (Fsp3) is 0.368. The van der Waals surface area contributed by atoms with E-state index < -0.39 is 20.0 Å². The Balaban J connectivity index is 1.65. The van der Waals surface area contributed by atoms with Crippen LogP contribution in [0.5, 0.6) is 0 Å². The predicted molar refractivity (Wildman–Crippen MR) is 107 cm³/mol. The molecular formula is C19H26N3O4S2+. The molecule has 2 aromatic carbocycles. The normalized spacial score (nSPS) is 17.1. The van der Waals surface area contributed by atoms with E-state index in [-0.39, 0.29) is 4.90 Å². The van der Waals surface area contributed by atoms with E-state index in [1.165, 1.54) is 27.6 Å². The summed E-state index contributed by atoms with van der Waals surface area (Å²) in [6, 6.07) is 15.4. The van der Waals surface area contributed by atoms with Crippen molar-refractivity contribution in [2.24, 2.45) is 0 Å². The summed E-state index contributed by atoms with van der Waals surface area (Å²) in [5.41, 5.74) is 0.928. The summed E-state index contributed by atoms with van der Waals surface area (Å²) in [5, 5.41) is 0. The van der Waals surface area contributed by atoms with Gasteiger partial charge in [-0.1, -0.05) is 30.3 Å².